The minimum atomic E-state index is -2.70. The lowest BCUT2D eigenvalue weighted by Gasteiger charge is -2.05. The number of nitrogens with zero attached hydrogens (tertiary/aromatic N) is 1. The quantitative estimate of drug-likeness (QED) is 0.781. The van der Waals surface area contributed by atoms with Crippen molar-refractivity contribution in [1.82, 2.24) is 4.98 Å². The van der Waals surface area contributed by atoms with Gasteiger partial charge in [0.15, 0.2) is 0 Å². The lowest BCUT2D eigenvalue weighted by molar-refractivity contribution is 0.141. The number of rotatable bonds is 2. The summed E-state index contributed by atoms with van der Waals surface area (Å²) in [5, 5.41) is 8.80. The highest BCUT2D eigenvalue weighted by Crippen LogP contribution is 2.25. The molecule has 1 N–H and O–H groups in total. The van der Waals surface area contributed by atoms with E-state index in [1.54, 1.807) is 0 Å². The molecule has 1 aromatic heterocycles. The number of aromatic nitrogens is 1. The van der Waals surface area contributed by atoms with E-state index in [9.17, 15) is 8.78 Å². The van der Waals surface area contributed by atoms with Gasteiger partial charge in [-0.3, -0.25) is 4.98 Å². The third-order valence-corrected chi connectivity index (χ3v) is 1.75. The largest absolute Gasteiger partial charge is 0.392 e. The Morgan fingerprint density at radius 3 is 2.67 bits per heavy atom. The maximum atomic E-state index is 12.2. The number of aliphatic hydroxyl groups excluding tert-OH is 1. The Hall–Kier alpha value is -0.740. The topological polar surface area (TPSA) is 33.1 Å². The molecule has 1 rings (SSSR count). The summed E-state index contributed by atoms with van der Waals surface area (Å²) in [4.78, 5) is 3.42. The molecule has 66 valence electrons. The summed E-state index contributed by atoms with van der Waals surface area (Å²) in [6.45, 7) is -0.521. The third-order valence-electron chi connectivity index (χ3n) is 1.40. The zero-order valence-corrected chi connectivity index (χ0v) is 6.72. The third kappa shape index (κ3) is 1.70. The number of pyridine rings is 1. The molecule has 0 aliphatic carbocycles. The van der Waals surface area contributed by atoms with Gasteiger partial charge in [0.05, 0.1) is 6.61 Å². The van der Waals surface area contributed by atoms with Gasteiger partial charge in [0.25, 0.3) is 6.43 Å². The van der Waals surface area contributed by atoms with Crippen molar-refractivity contribution in [3.63, 3.8) is 0 Å². The van der Waals surface area contributed by atoms with Crippen LogP contribution in [0.5, 0.6) is 0 Å². The van der Waals surface area contributed by atoms with Gasteiger partial charge in [-0.2, -0.15) is 0 Å². The van der Waals surface area contributed by atoms with E-state index in [0.29, 0.717) is 0 Å². The molecule has 0 saturated heterocycles. The van der Waals surface area contributed by atoms with Crippen LogP contribution in [-0.2, 0) is 6.61 Å². The van der Waals surface area contributed by atoms with E-state index in [1.807, 2.05) is 0 Å². The molecule has 2 nitrogen and oxygen atoms in total. The molecule has 0 bridgehead atoms. The Morgan fingerprint density at radius 2 is 2.25 bits per heavy atom. The fourth-order valence-corrected chi connectivity index (χ4v) is 1.04. The first-order valence-corrected chi connectivity index (χ1v) is 3.57. The molecule has 0 spiro atoms. The highest BCUT2D eigenvalue weighted by atomic mass is 35.5. The molecule has 1 aromatic rings. The van der Waals surface area contributed by atoms with Crippen LogP contribution < -0.4 is 0 Å². The Kier molecular flexibility index (Phi) is 2.94. The minimum absolute atomic E-state index is 0.00540. The predicted octanol–water partition coefficient (Wildman–Crippen LogP) is 2.16. The first-order valence-electron chi connectivity index (χ1n) is 3.19. The minimum Gasteiger partial charge on any atom is -0.392 e. The number of aliphatic hydroxyl groups is 1. The van der Waals surface area contributed by atoms with Crippen LogP contribution in [-0.4, -0.2) is 10.1 Å². The van der Waals surface area contributed by atoms with Crippen molar-refractivity contribution in [2.24, 2.45) is 0 Å². The summed E-state index contributed by atoms with van der Waals surface area (Å²) >= 11 is 5.54. The van der Waals surface area contributed by atoms with Crippen molar-refractivity contribution in [2.75, 3.05) is 0 Å². The van der Waals surface area contributed by atoms with Crippen LogP contribution in [0.3, 0.4) is 0 Å². The second-order valence-corrected chi connectivity index (χ2v) is 2.52. The summed E-state index contributed by atoms with van der Waals surface area (Å²) in [5.41, 5.74) is -0.459. The number of alkyl halides is 2. The highest BCUT2D eigenvalue weighted by Gasteiger charge is 2.15. The molecule has 12 heavy (non-hydrogen) atoms. The summed E-state index contributed by atoms with van der Waals surface area (Å²) in [5.74, 6) is 0. The maximum Gasteiger partial charge on any atom is 0.280 e. The van der Waals surface area contributed by atoms with Crippen molar-refractivity contribution < 1.29 is 13.9 Å². The van der Waals surface area contributed by atoms with E-state index >= 15 is 0 Å². The van der Waals surface area contributed by atoms with E-state index in [2.05, 4.69) is 4.98 Å². The first-order chi connectivity index (χ1) is 5.66. The lowest BCUT2D eigenvalue weighted by atomic mass is 10.2. The zero-order chi connectivity index (χ0) is 9.14. The van der Waals surface area contributed by atoms with Gasteiger partial charge in [0.2, 0.25) is 0 Å². The Labute approximate surface area is 72.8 Å². The molecule has 0 aliphatic heterocycles. The van der Waals surface area contributed by atoms with Gasteiger partial charge in [-0.1, -0.05) is 11.6 Å². The van der Waals surface area contributed by atoms with E-state index in [0.717, 1.165) is 0 Å². The highest BCUT2D eigenvalue weighted by molar-refractivity contribution is 6.31. The van der Waals surface area contributed by atoms with Crippen LogP contribution in [0, 0.1) is 0 Å². The monoisotopic (exact) mass is 193 g/mol. The maximum absolute atomic E-state index is 12.2. The van der Waals surface area contributed by atoms with Crippen LogP contribution in [0.1, 0.15) is 17.7 Å². The molecule has 1 heterocycles. The molecule has 0 saturated carbocycles. The Bertz CT molecular complexity index is 280. The van der Waals surface area contributed by atoms with Crippen molar-refractivity contribution in [3.8, 4) is 0 Å². The van der Waals surface area contributed by atoms with Crippen molar-refractivity contribution in [3.05, 3.63) is 28.5 Å². The van der Waals surface area contributed by atoms with Crippen molar-refractivity contribution in [2.45, 2.75) is 13.0 Å². The number of hydrogen-bond acceptors (Lipinski definition) is 2. The first kappa shape index (κ1) is 9.35. The molecule has 0 amide bonds. The average molecular weight is 194 g/mol. The summed E-state index contributed by atoms with van der Waals surface area (Å²) in [6, 6.07) is 1.36. The molecular formula is C7H6ClF2NO. The Balaban J connectivity index is 3.18. The predicted molar refractivity (Wildman–Crippen MR) is 40.1 cm³/mol. The molecule has 5 heteroatoms. The normalized spacial score (nSPS) is 10.8. The summed E-state index contributed by atoms with van der Waals surface area (Å²) < 4.78 is 24.3. The molecule has 0 unspecified atom stereocenters. The molecule has 0 aliphatic rings. The molecular weight excluding hydrogens is 188 g/mol. The van der Waals surface area contributed by atoms with Crippen LogP contribution in [0.25, 0.3) is 0 Å². The van der Waals surface area contributed by atoms with Crippen LogP contribution in [0.4, 0.5) is 8.78 Å². The van der Waals surface area contributed by atoms with Gasteiger partial charge in [0.1, 0.15) is 5.69 Å². The lowest BCUT2D eigenvalue weighted by Crippen LogP contribution is -1.98. The second-order valence-electron chi connectivity index (χ2n) is 2.12. The van der Waals surface area contributed by atoms with Crippen LogP contribution in [0.15, 0.2) is 12.3 Å². The van der Waals surface area contributed by atoms with Gasteiger partial charge >= 0.3 is 0 Å². The van der Waals surface area contributed by atoms with Gasteiger partial charge < -0.3 is 5.11 Å². The summed E-state index contributed by atoms with van der Waals surface area (Å²) in [7, 11) is 0. The van der Waals surface area contributed by atoms with Gasteiger partial charge in [0, 0.05) is 16.8 Å². The van der Waals surface area contributed by atoms with Gasteiger partial charge in [-0.15, -0.1) is 0 Å². The Morgan fingerprint density at radius 1 is 1.58 bits per heavy atom. The van der Waals surface area contributed by atoms with E-state index in [4.69, 9.17) is 16.7 Å². The van der Waals surface area contributed by atoms with Crippen LogP contribution in [0.2, 0.25) is 5.02 Å². The number of halogens is 3. The van der Waals surface area contributed by atoms with E-state index in [-0.39, 0.29) is 10.6 Å². The smallest absolute Gasteiger partial charge is 0.280 e. The molecule has 0 atom stereocenters. The molecule has 0 radical (unpaired) electrons. The van der Waals surface area contributed by atoms with Gasteiger partial charge in [-0.25, -0.2) is 8.78 Å². The SMILES string of the molecule is OCc1c(Cl)ccnc1C(F)F. The number of hydrogen-bond donors (Lipinski definition) is 1. The zero-order valence-electron chi connectivity index (χ0n) is 5.97. The van der Waals surface area contributed by atoms with E-state index < -0.39 is 18.7 Å². The average Bonchev–Trinajstić information content (AvgIpc) is 2.03. The standard InChI is InChI=1S/C7H6ClF2NO/c8-5-1-2-11-6(7(9)10)4(5)3-12/h1-2,7,12H,3H2. The van der Waals surface area contributed by atoms with Gasteiger partial charge in [-0.05, 0) is 6.07 Å². The fourth-order valence-electron chi connectivity index (χ4n) is 0.828. The fraction of sp³-hybridized carbons (Fsp3) is 0.286. The van der Waals surface area contributed by atoms with Crippen molar-refractivity contribution >= 4 is 11.6 Å². The van der Waals surface area contributed by atoms with Crippen LogP contribution >= 0.6 is 11.6 Å². The second kappa shape index (κ2) is 3.78. The van der Waals surface area contributed by atoms with Crippen molar-refractivity contribution in [1.29, 1.82) is 0 Å². The molecule has 0 aromatic carbocycles. The summed E-state index contributed by atoms with van der Waals surface area (Å²) in [6.07, 6.45) is -1.52. The molecule has 0 fully saturated rings. The van der Waals surface area contributed by atoms with E-state index in [1.165, 1.54) is 12.3 Å².